The maximum atomic E-state index is 13.3. The molecule has 5 nitrogen and oxygen atoms in total. The molecule has 2 fully saturated rings. The summed E-state index contributed by atoms with van der Waals surface area (Å²) in [6.07, 6.45) is -2.13. The molecule has 0 aliphatic carbocycles. The molecular formula is C18H22F3N3O2. The minimum Gasteiger partial charge on any atom is -0.339 e. The van der Waals surface area contributed by atoms with E-state index in [0.717, 1.165) is 25.0 Å². The van der Waals surface area contributed by atoms with E-state index in [1.807, 2.05) is 7.05 Å². The normalized spacial score (nSPS) is 19.3. The lowest BCUT2D eigenvalue weighted by Gasteiger charge is -2.32. The number of likely N-dealkylation sites (tertiary alicyclic amines) is 1. The van der Waals surface area contributed by atoms with E-state index in [1.165, 1.54) is 11.0 Å². The average molecular weight is 369 g/mol. The summed E-state index contributed by atoms with van der Waals surface area (Å²) in [5.41, 5.74) is -0.767. The molecule has 0 saturated carbocycles. The lowest BCUT2D eigenvalue weighted by Crippen LogP contribution is -2.44. The number of alkyl halides is 3. The van der Waals surface area contributed by atoms with Crippen LogP contribution in [-0.2, 0) is 11.0 Å². The van der Waals surface area contributed by atoms with Crippen molar-refractivity contribution in [2.75, 3.05) is 31.6 Å². The highest BCUT2D eigenvalue weighted by atomic mass is 19.4. The molecule has 0 spiro atoms. The number of benzene rings is 1. The molecule has 142 valence electrons. The van der Waals surface area contributed by atoms with Crippen molar-refractivity contribution in [2.24, 2.45) is 0 Å². The molecule has 1 aromatic rings. The molecule has 1 N–H and O–H groups in total. The van der Waals surface area contributed by atoms with Gasteiger partial charge in [-0.2, -0.15) is 13.2 Å². The van der Waals surface area contributed by atoms with Crippen LogP contribution in [0.3, 0.4) is 0 Å². The maximum absolute atomic E-state index is 13.3. The Bertz CT molecular complexity index is 697. The predicted molar refractivity (Wildman–Crippen MR) is 91.0 cm³/mol. The third-order valence-corrected chi connectivity index (χ3v) is 5.07. The summed E-state index contributed by atoms with van der Waals surface area (Å²) in [5.74, 6) is -0.629. The molecule has 1 aromatic carbocycles. The number of carbonyl (C=O) groups is 2. The molecule has 3 rings (SSSR count). The highest BCUT2D eigenvalue weighted by Gasteiger charge is 2.34. The van der Waals surface area contributed by atoms with Crippen LogP contribution < -0.4 is 10.2 Å². The van der Waals surface area contributed by atoms with E-state index in [9.17, 15) is 22.8 Å². The van der Waals surface area contributed by atoms with Crippen LogP contribution in [0, 0.1) is 0 Å². The van der Waals surface area contributed by atoms with Gasteiger partial charge in [-0.1, -0.05) is 0 Å². The van der Waals surface area contributed by atoms with Crippen LogP contribution in [0.25, 0.3) is 0 Å². The van der Waals surface area contributed by atoms with Gasteiger partial charge in [-0.25, -0.2) is 0 Å². The summed E-state index contributed by atoms with van der Waals surface area (Å²) >= 11 is 0. The molecule has 2 aliphatic heterocycles. The van der Waals surface area contributed by atoms with Crippen molar-refractivity contribution >= 4 is 17.5 Å². The van der Waals surface area contributed by atoms with E-state index in [-0.39, 0.29) is 17.2 Å². The summed E-state index contributed by atoms with van der Waals surface area (Å²) < 4.78 is 39.9. The Labute approximate surface area is 150 Å². The largest absolute Gasteiger partial charge is 0.416 e. The number of rotatable bonds is 3. The predicted octanol–water partition coefficient (Wildman–Crippen LogP) is 2.66. The third-order valence-electron chi connectivity index (χ3n) is 5.07. The molecule has 2 amide bonds. The second-order valence-electron chi connectivity index (χ2n) is 6.77. The number of amides is 2. The van der Waals surface area contributed by atoms with Crippen molar-refractivity contribution in [3.05, 3.63) is 29.3 Å². The molecule has 0 aromatic heterocycles. The van der Waals surface area contributed by atoms with Gasteiger partial charge in [0.2, 0.25) is 5.91 Å². The van der Waals surface area contributed by atoms with Crippen LogP contribution in [0.1, 0.15) is 41.6 Å². The SMILES string of the molecule is CNC1CCN(C(=O)c2cc(N3CCCC3=O)cc(C(F)(F)F)c2)CC1. The van der Waals surface area contributed by atoms with Gasteiger partial charge >= 0.3 is 6.18 Å². The van der Waals surface area contributed by atoms with Crippen LogP contribution in [0.5, 0.6) is 0 Å². The van der Waals surface area contributed by atoms with Gasteiger partial charge in [0.15, 0.2) is 0 Å². The Hall–Kier alpha value is -2.09. The standard InChI is InChI=1S/C18H22F3N3O2/c1-22-14-4-7-23(8-5-14)17(26)12-9-13(18(19,20)21)11-15(10-12)24-6-2-3-16(24)25/h9-11,14,22H,2-8H2,1H3. The Balaban J connectivity index is 1.90. The quantitative estimate of drug-likeness (QED) is 0.891. The van der Waals surface area contributed by atoms with Crippen LogP contribution in [-0.4, -0.2) is 49.4 Å². The Morgan fingerprint density at radius 2 is 1.85 bits per heavy atom. The second-order valence-corrected chi connectivity index (χ2v) is 6.77. The molecule has 8 heteroatoms. The van der Waals surface area contributed by atoms with Gasteiger partial charge in [-0.05, 0) is 44.5 Å². The van der Waals surface area contributed by atoms with Gasteiger partial charge in [0.05, 0.1) is 5.56 Å². The number of hydrogen-bond donors (Lipinski definition) is 1. The first kappa shape index (κ1) is 18.7. The highest BCUT2D eigenvalue weighted by Crippen LogP contribution is 2.34. The molecule has 2 saturated heterocycles. The monoisotopic (exact) mass is 369 g/mol. The minimum atomic E-state index is -4.58. The van der Waals surface area contributed by atoms with Crippen molar-refractivity contribution in [2.45, 2.75) is 37.9 Å². The Morgan fingerprint density at radius 1 is 1.15 bits per heavy atom. The second kappa shape index (κ2) is 7.26. The van der Waals surface area contributed by atoms with E-state index in [0.29, 0.717) is 38.5 Å². The van der Waals surface area contributed by atoms with Crippen molar-refractivity contribution in [3.8, 4) is 0 Å². The van der Waals surface area contributed by atoms with Crippen molar-refractivity contribution in [1.82, 2.24) is 10.2 Å². The molecular weight excluding hydrogens is 347 g/mol. The van der Waals surface area contributed by atoms with Gasteiger partial charge in [0.25, 0.3) is 5.91 Å². The number of halogens is 3. The smallest absolute Gasteiger partial charge is 0.339 e. The summed E-state index contributed by atoms with van der Waals surface area (Å²) in [7, 11) is 1.86. The number of nitrogens with zero attached hydrogens (tertiary/aromatic N) is 2. The fraction of sp³-hybridized carbons (Fsp3) is 0.556. The summed E-state index contributed by atoms with van der Waals surface area (Å²) in [4.78, 5) is 27.6. The van der Waals surface area contributed by atoms with Crippen LogP contribution in [0.15, 0.2) is 18.2 Å². The third kappa shape index (κ3) is 3.85. The molecule has 0 atom stereocenters. The van der Waals surface area contributed by atoms with E-state index >= 15 is 0 Å². The zero-order valence-electron chi connectivity index (χ0n) is 14.6. The molecule has 0 bridgehead atoms. The van der Waals surface area contributed by atoms with E-state index in [4.69, 9.17) is 0 Å². The highest BCUT2D eigenvalue weighted by molar-refractivity contribution is 5.99. The number of anilines is 1. The molecule has 2 aliphatic rings. The Morgan fingerprint density at radius 3 is 2.38 bits per heavy atom. The van der Waals surface area contributed by atoms with Gasteiger partial charge in [-0.15, -0.1) is 0 Å². The van der Waals surface area contributed by atoms with E-state index in [2.05, 4.69) is 5.32 Å². The number of piperidine rings is 1. The lowest BCUT2D eigenvalue weighted by molar-refractivity contribution is -0.137. The first-order chi connectivity index (χ1) is 12.3. The summed E-state index contributed by atoms with van der Waals surface area (Å²) in [5, 5.41) is 3.15. The van der Waals surface area contributed by atoms with Gasteiger partial charge in [0.1, 0.15) is 0 Å². The van der Waals surface area contributed by atoms with E-state index < -0.39 is 17.6 Å². The molecule has 0 unspecified atom stereocenters. The maximum Gasteiger partial charge on any atom is 0.416 e. The molecule has 0 radical (unpaired) electrons. The van der Waals surface area contributed by atoms with Crippen molar-refractivity contribution in [3.63, 3.8) is 0 Å². The van der Waals surface area contributed by atoms with Gasteiger partial charge in [0, 0.05) is 43.3 Å². The van der Waals surface area contributed by atoms with Gasteiger partial charge in [-0.3, -0.25) is 9.59 Å². The van der Waals surface area contributed by atoms with E-state index in [1.54, 1.807) is 4.90 Å². The summed E-state index contributed by atoms with van der Waals surface area (Å²) in [6, 6.07) is 3.56. The number of hydrogen-bond acceptors (Lipinski definition) is 3. The summed E-state index contributed by atoms with van der Waals surface area (Å²) in [6.45, 7) is 1.37. The fourth-order valence-corrected chi connectivity index (χ4v) is 3.53. The first-order valence-electron chi connectivity index (χ1n) is 8.79. The first-order valence-corrected chi connectivity index (χ1v) is 8.79. The van der Waals surface area contributed by atoms with Crippen molar-refractivity contribution < 1.29 is 22.8 Å². The minimum absolute atomic E-state index is 0.0163. The number of carbonyl (C=O) groups excluding carboxylic acids is 2. The fourth-order valence-electron chi connectivity index (χ4n) is 3.53. The Kier molecular flexibility index (Phi) is 5.22. The molecule has 26 heavy (non-hydrogen) atoms. The lowest BCUT2D eigenvalue weighted by atomic mass is 10.0. The molecule has 2 heterocycles. The van der Waals surface area contributed by atoms with Gasteiger partial charge < -0.3 is 15.1 Å². The zero-order chi connectivity index (χ0) is 18.9. The van der Waals surface area contributed by atoms with Crippen molar-refractivity contribution in [1.29, 1.82) is 0 Å². The zero-order valence-corrected chi connectivity index (χ0v) is 14.6. The van der Waals surface area contributed by atoms with Crippen LogP contribution >= 0.6 is 0 Å². The number of nitrogens with one attached hydrogen (secondary N) is 1. The topological polar surface area (TPSA) is 52.7 Å². The van der Waals surface area contributed by atoms with Crippen LogP contribution in [0.2, 0.25) is 0 Å². The average Bonchev–Trinajstić information content (AvgIpc) is 3.06. The van der Waals surface area contributed by atoms with Crippen LogP contribution in [0.4, 0.5) is 18.9 Å².